The molecule has 1 aromatic heterocycles. The third-order valence-corrected chi connectivity index (χ3v) is 6.05. The van der Waals surface area contributed by atoms with Crippen molar-refractivity contribution in [2.45, 2.75) is 44.0 Å². The van der Waals surface area contributed by atoms with Crippen molar-refractivity contribution in [1.29, 1.82) is 0 Å². The fourth-order valence-corrected chi connectivity index (χ4v) is 3.85. The predicted molar refractivity (Wildman–Crippen MR) is 131 cm³/mol. The molecule has 2 atom stereocenters. The zero-order valence-electron chi connectivity index (χ0n) is 21.0. The summed E-state index contributed by atoms with van der Waals surface area (Å²) in [5.41, 5.74) is 0.894. The summed E-state index contributed by atoms with van der Waals surface area (Å²) < 4.78 is 84.8. The molecule has 2 aromatic carbocycles. The van der Waals surface area contributed by atoms with E-state index in [4.69, 9.17) is 22.1 Å². The molecule has 3 rings (SSSR count). The van der Waals surface area contributed by atoms with Gasteiger partial charge in [0.2, 0.25) is 5.91 Å². The van der Waals surface area contributed by atoms with Crippen LogP contribution in [0.25, 0.3) is 11.4 Å². The second-order valence-corrected chi connectivity index (χ2v) is 9.44. The van der Waals surface area contributed by atoms with Crippen molar-refractivity contribution in [2.75, 3.05) is 6.61 Å². The molecule has 0 radical (unpaired) electrons. The van der Waals surface area contributed by atoms with E-state index in [1.807, 2.05) is 0 Å². The Kier molecular flexibility index (Phi) is 9.08. The number of ether oxygens (including phenoxy) is 1. The van der Waals surface area contributed by atoms with Crippen LogP contribution >= 0.6 is 11.6 Å². The fraction of sp³-hybridized carbons (Fsp3) is 0.333. The molecule has 2 amide bonds. The van der Waals surface area contributed by atoms with Crippen molar-refractivity contribution in [2.24, 2.45) is 5.73 Å². The number of halogens is 7. The van der Waals surface area contributed by atoms with Crippen LogP contribution in [0.1, 0.15) is 18.1 Å². The third-order valence-electron chi connectivity index (χ3n) is 5.80. The summed E-state index contributed by atoms with van der Waals surface area (Å²) in [5, 5.41) is 16.2. The number of aliphatic hydroxyl groups is 1. The molecule has 0 aliphatic carbocycles. The summed E-state index contributed by atoms with van der Waals surface area (Å²) in [6.07, 6.45) is -14.1. The summed E-state index contributed by atoms with van der Waals surface area (Å²) in [4.78, 5) is 37.2. The van der Waals surface area contributed by atoms with Gasteiger partial charge in [0.05, 0.1) is 17.6 Å². The van der Waals surface area contributed by atoms with Crippen molar-refractivity contribution in [3.05, 3.63) is 75.2 Å². The van der Waals surface area contributed by atoms with Gasteiger partial charge in [-0.3, -0.25) is 9.36 Å². The average molecular weight is 610 g/mol. The van der Waals surface area contributed by atoms with E-state index in [1.54, 1.807) is 0 Å². The van der Waals surface area contributed by atoms with E-state index in [0.717, 1.165) is 12.1 Å². The van der Waals surface area contributed by atoms with Crippen molar-refractivity contribution in [3.63, 3.8) is 0 Å². The number of primary amides is 1. The first-order valence-electron chi connectivity index (χ1n) is 11.5. The number of amides is 2. The number of alkyl halides is 6. The SMILES string of the molecule is CC(COC(N)=O)(NC(=O)Cn1nc(-c2ccc(Cl)cc2)n(CC(O)C(F)(F)F)c1=O)c1cccc(C(F)(F)F)c1. The van der Waals surface area contributed by atoms with Crippen molar-refractivity contribution >= 4 is 23.6 Å². The molecule has 0 saturated carbocycles. The van der Waals surface area contributed by atoms with Gasteiger partial charge >= 0.3 is 24.1 Å². The molecular formula is C24H22ClF6N5O5. The Bertz CT molecular complexity index is 1470. The van der Waals surface area contributed by atoms with Gasteiger partial charge in [-0.2, -0.15) is 26.3 Å². The Morgan fingerprint density at radius 1 is 1.10 bits per heavy atom. The zero-order valence-corrected chi connectivity index (χ0v) is 21.7. The molecule has 2 unspecified atom stereocenters. The lowest BCUT2D eigenvalue weighted by atomic mass is 9.91. The van der Waals surface area contributed by atoms with Crippen LogP contribution in [0.2, 0.25) is 5.02 Å². The highest BCUT2D eigenvalue weighted by Gasteiger charge is 2.40. The molecule has 0 fully saturated rings. The summed E-state index contributed by atoms with van der Waals surface area (Å²) in [6, 6.07) is 9.20. The summed E-state index contributed by atoms with van der Waals surface area (Å²) in [5.74, 6) is -1.37. The van der Waals surface area contributed by atoms with Crippen LogP contribution in [0.15, 0.2) is 53.3 Å². The number of nitrogens with zero attached hydrogens (tertiary/aromatic N) is 3. The molecule has 4 N–H and O–H groups in total. The first-order valence-corrected chi connectivity index (χ1v) is 11.9. The lowest BCUT2D eigenvalue weighted by molar-refractivity contribution is -0.207. The van der Waals surface area contributed by atoms with E-state index in [2.05, 4.69) is 10.4 Å². The maximum atomic E-state index is 13.3. The topological polar surface area (TPSA) is 141 Å². The number of rotatable bonds is 9. The Labute approximate surface area is 232 Å². The van der Waals surface area contributed by atoms with E-state index in [1.165, 1.54) is 37.3 Å². The van der Waals surface area contributed by atoms with Gasteiger partial charge in [0, 0.05) is 10.6 Å². The van der Waals surface area contributed by atoms with Gasteiger partial charge in [-0.1, -0.05) is 23.7 Å². The van der Waals surface area contributed by atoms with Crippen LogP contribution in [-0.4, -0.2) is 50.3 Å². The third kappa shape index (κ3) is 7.79. The summed E-state index contributed by atoms with van der Waals surface area (Å²) in [6.45, 7) is -1.66. The lowest BCUT2D eigenvalue weighted by Crippen LogP contribution is -2.49. The van der Waals surface area contributed by atoms with E-state index in [9.17, 15) is 45.8 Å². The number of carbonyl (C=O) groups excluding carboxylic acids is 2. The number of benzene rings is 2. The number of carbonyl (C=O) groups is 2. The first kappa shape index (κ1) is 31.5. The van der Waals surface area contributed by atoms with E-state index in [-0.39, 0.29) is 22.0 Å². The minimum atomic E-state index is -5.08. The van der Waals surface area contributed by atoms with Gasteiger partial charge in [0.15, 0.2) is 11.9 Å². The molecule has 222 valence electrons. The van der Waals surface area contributed by atoms with E-state index in [0.29, 0.717) is 15.3 Å². The Balaban J connectivity index is 1.98. The minimum absolute atomic E-state index is 0.128. The molecule has 17 heteroatoms. The number of aromatic nitrogens is 3. The second kappa shape index (κ2) is 11.8. The molecule has 10 nitrogen and oxygen atoms in total. The summed E-state index contributed by atoms with van der Waals surface area (Å²) in [7, 11) is 0. The highest BCUT2D eigenvalue weighted by molar-refractivity contribution is 6.30. The maximum Gasteiger partial charge on any atom is 0.416 e. The van der Waals surface area contributed by atoms with Crippen LogP contribution in [0.5, 0.6) is 0 Å². The quantitative estimate of drug-likeness (QED) is 0.318. The van der Waals surface area contributed by atoms with Gasteiger partial charge in [-0.05, 0) is 48.9 Å². The van der Waals surface area contributed by atoms with Gasteiger partial charge in [-0.15, -0.1) is 5.10 Å². The molecule has 0 aliphatic heterocycles. The summed E-state index contributed by atoms with van der Waals surface area (Å²) >= 11 is 5.84. The Morgan fingerprint density at radius 3 is 2.27 bits per heavy atom. The van der Waals surface area contributed by atoms with Gasteiger partial charge in [0.1, 0.15) is 13.2 Å². The molecular weight excluding hydrogens is 588 g/mol. The molecule has 1 heterocycles. The second-order valence-electron chi connectivity index (χ2n) is 9.01. The van der Waals surface area contributed by atoms with Crippen LogP contribution in [0.4, 0.5) is 31.1 Å². The smallest absolute Gasteiger partial charge is 0.416 e. The fourth-order valence-electron chi connectivity index (χ4n) is 3.73. The number of hydrogen-bond donors (Lipinski definition) is 3. The highest BCUT2D eigenvalue weighted by Crippen LogP contribution is 2.32. The van der Waals surface area contributed by atoms with Gasteiger partial charge < -0.3 is 20.9 Å². The average Bonchev–Trinajstić information content (AvgIpc) is 3.16. The molecule has 0 saturated heterocycles. The van der Waals surface area contributed by atoms with Crippen molar-refractivity contribution in [3.8, 4) is 11.4 Å². The molecule has 41 heavy (non-hydrogen) atoms. The Morgan fingerprint density at radius 2 is 1.71 bits per heavy atom. The standard InChI is InChI=1S/C24H22ClF6N5O5/c1-22(12-41-20(32)39,14-3-2-4-15(9-14)23(26,27)28)33-18(38)11-36-21(40)35(10-17(37)24(29,30)31)19(34-36)13-5-7-16(25)8-6-13/h2-9,17,37H,10-12H2,1H3,(H2,32,39)(H,33,38). The lowest BCUT2D eigenvalue weighted by Gasteiger charge is -2.31. The van der Waals surface area contributed by atoms with Crippen LogP contribution in [0, 0.1) is 0 Å². The molecule has 0 spiro atoms. The highest BCUT2D eigenvalue weighted by atomic mass is 35.5. The molecule has 0 aliphatic rings. The number of nitrogens with one attached hydrogen (secondary N) is 1. The van der Waals surface area contributed by atoms with Crippen molar-refractivity contribution in [1.82, 2.24) is 19.7 Å². The van der Waals surface area contributed by atoms with Gasteiger partial charge in [-0.25, -0.2) is 14.3 Å². The largest absolute Gasteiger partial charge is 0.447 e. The number of hydrogen-bond acceptors (Lipinski definition) is 6. The molecule has 3 aromatic rings. The number of aliphatic hydroxyl groups excluding tert-OH is 1. The van der Waals surface area contributed by atoms with E-state index >= 15 is 0 Å². The maximum absolute atomic E-state index is 13.3. The van der Waals surface area contributed by atoms with Crippen LogP contribution < -0.4 is 16.7 Å². The van der Waals surface area contributed by atoms with Crippen LogP contribution in [-0.2, 0) is 34.3 Å². The van der Waals surface area contributed by atoms with Crippen LogP contribution in [0.3, 0.4) is 0 Å². The monoisotopic (exact) mass is 609 g/mol. The zero-order chi connectivity index (χ0) is 30.8. The normalized spacial score (nSPS) is 14.3. The minimum Gasteiger partial charge on any atom is -0.447 e. The number of nitrogens with two attached hydrogens (primary N) is 1. The Hall–Kier alpha value is -4.05. The molecule has 0 bridgehead atoms. The van der Waals surface area contributed by atoms with E-state index < -0.39 is 66.9 Å². The van der Waals surface area contributed by atoms with Gasteiger partial charge in [0.25, 0.3) is 0 Å². The predicted octanol–water partition coefficient (Wildman–Crippen LogP) is 3.43. The van der Waals surface area contributed by atoms with Crippen molar-refractivity contribution < 1.29 is 45.8 Å². The first-order chi connectivity index (χ1) is 18.9.